The largest absolute Gasteiger partial charge is 0.462 e. The van der Waals surface area contributed by atoms with Crippen molar-refractivity contribution in [3.8, 4) is 0 Å². The highest BCUT2D eigenvalue weighted by atomic mass is 16.6. The van der Waals surface area contributed by atoms with Crippen LogP contribution in [0.1, 0.15) is 34.6 Å². The molecular formula is C11H19NO6. The van der Waals surface area contributed by atoms with Crippen molar-refractivity contribution >= 4 is 11.9 Å². The van der Waals surface area contributed by atoms with Gasteiger partial charge >= 0.3 is 11.9 Å². The molecule has 2 atom stereocenters. The van der Waals surface area contributed by atoms with Gasteiger partial charge in [0.1, 0.15) is 6.10 Å². The number of hydrogen-bond donors (Lipinski definition) is 0. The predicted octanol–water partition coefficient (Wildman–Crippen LogP) is 1.17. The van der Waals surface area contributed by atoms with Crippen molar-refractivity contribution in [2.24, 2.45) is 5.41 Å². The summed E-state index contributed by atoms with van der Waals surface area (Å²) in [4.78, 5) is 31.9. The van der Waals surface area contributed by atoms with Crippen LogP contribution in [-0.4, -0.2) is 35.6 Å². The van der Waals surface area contributed by atoms with Gasteiger partial charge in [0.05, 0.1) is 0 Å². The van der Waals surface area contributed by atoms with Crippen LogP contribution in [0.5, 0.6) is 0 Å². The van der Waals surface area contributed by atoms with E-state index >= 15 is 0 Å². The number of nitrogens with zero attached hydrogens (tertiary/aromatic N) is 1. The second-order valence-electron chi connectivity index (χ2n) is 4.69. The highest BCUT2D eigenvalue weighted by molar-refractivity contribution is 5.66. The molecule has 104 valence electrons. The molecule has 0 aromatic heterocycles. The van der Waals surface area contributed by atoms with Gasteiger partial charge in [0, 0.05) is 24.2 Å². The van der Waals surface area contributed by atoms with Gasteiger partial charge in [0.15, 0.2) is 6.10 Å². The molecule has 0 saturated carbocycles. The van der Waals surface area contributed by atoms with E-state index in [0.29, 0.717) is 0 Å². The lowest BCUT2D eigenvalue weighted by Crippen LogP contribution is -2.46. The molecule has 0 spiro atoms. The van der Waals surface area contributed by atoms with Crippen molar-refractivity contribution in [3.05, 3.63) is 10.1 Å². The lowest BCUT2D eigenvalue weighted by molar-refractivity contribution is -0.494. The minimum Gasteiger partial charge on any atom is -0.462 e. The van der Waals surface area contributed by atoms with E-state index in [-0.39, 0.29) is 0 Å². The summed E-state index contributed by atoms with van der Waals surface area (Å²) in [6.45, 7) is 6.81. The second kappa shape index (κ2) is 6.32. The van der Waals surface area contributed by atoms with Crippen LogP contribution >= 0.6 is 0 Å². The van der Waals surface area contributed by atoms with Crippen LogP contribution in [0, 0.1) is 15.5 Å². The molecule has 0 aromatic carbocycles. The molecule has 0 N–H and O–H groups in total. The van der Waals surface area contributed by atoms with E-state index in [1.807, 2.05) is 0 Å². The van der Waals surface area contributed by atoms with Gasteiger partial charge in [0.2, 0.25) is 6.54 Å². The predicted molar refractivity (Wildman–Crippen MR) is 62.4 cm³/mol. The fourth-order valence-corrected chi connectivity index (χ4v) is 1.42. The molecule has 0 aliphatic heterocycles. The van der Waals surface area contributed by atoms with Gasteiger partial charge in [-0.05, 0) is 6.92 Å². The molecule has 0 amide bonds. The van der Waals surface area contributed by atoms with Crippen LogP contribution in [0.3, 0.4) is 0 Å². The van der Waals surface area contributed by atoms with Crippen molar-refractivity contribution in [1.29, 1.82) is 0 Å². The SMILES string of the molecule is CC(=O)OC(C)C(C)(C)C(C[N+](=O)[O-])OC(C)=O. The lowest BCUT2D eigenvalue weighted by Gasteiger charge is -2.35. The average Bonchev–Trinajstić information content (AvgIpc) is 2.13. The van der Waals surface area contributed by atoms with E-state index < -0.39 is 41.0 Å². The maximum atomic E-state index is 11.0. The van der Waals surface area contributed by atoms with Crippen molar-refractivity contribution in [2.75, 3.05) is 6.54 Å². The summed E-state index contributed by atoms with van der Waals surface area (Å²) in [6.07, 6.45) is -1.57. The summed E-state index contributed by atoms with van der Waals surface area (Å²) in [7, 11) is 0. The third-order valence-electron chi connectivity index (χ3n) is 2.84. The Morgan fingerprint density at radius 2 is 1.67 bits per heavy atom. The van der Waals surface area contributed by atoms with E-state index in [2.05, 4.69) is 0 Å². The van der Waals surface area contributed by atoms with Gasteiger partial charge < -0.3 is 9.47 Å². The molecule has 0 saturated heterocycles. The maximum Gasteiger partial charge on any atom is 0.303 e. The summed E-state index contributed by atoms with van der Waals surface area (Å²) in [6, 6.07) is 0. The fourth-order valence-electron chi connectivity index (χ4n) is 1.42. The molecule has 18 heavy (non-hydrogen) atoms. The van der Waals surface area contributed by atoms with E-state index in [4.69, 9.17) is 9.47 Å². The van der Waals surface area contributed by atoms with E-state index in [9.17, 15) is 19.7 Å². The third kappa shape index (κ3) is 5.11. The Hall–Kier alpha value is -1.66. The van der Waals surface area contributed by atoms with Crippen LogP contribution in [0.15, 0.2) is 0 Å². The molecule has 0 rings (SSSR count). The Labute approximate surface area is 106 Å². The normalized spacial score (nSPS) is 14.5. The third-order valence-corrected chi connectivity index (χ3v) is 2.84. The summed E-state index contributed by atoms with van der Waals surface area (Å²) < 4.78 is 9.96. The van der Waals surface area contributed by atoms with Gasteiger partial charge in [-0.2, -0.15) is 0 Å². The van der Waals surface area contributed by atoms with Crippen LogP contribution in [-0.2, 0) is 19.1 Å². The maximum absolute atomic E-state index is 11.0. The molecule has 0 radical (unpaired) electrons. The molecule has 0 aliphatic rings. The van der Waals surface area contributed by atoms with Gasteiger partial charge in [0.25, 0.3) is 0 Å². The van der Waals surface area contributed by atoms with Crippen molar-refractivity contribution in [2.45, 2.75) is 46.8 Å². The monoisotopic (exact) mass is 261 g/mol. The first-order valence-corrected chi connectivity index (χ1v) is 5.53. The number of hydrogen-bond acceptors (Lipinski definition) is 6. The number of ether oxygens (including phenoxy) is 2. The van der Waals surface area contributed by atoms with E-state index in [1.54, 1.807) is 20.8 Å². The van der Waals surface area contributed by atoms with Gasteiger partial charge in [-0.1, -0.05) is 13.8 Å². The van der Waals surface area contributed by atoms with Crippen LogP contribution in [0.4, 0.5) is 0 Å². The summed E-state index contributed by atoms with van der Waals surface area (Å²) >= 11 is 0. The Bertz CT molecular complexity index is 322. The Morgan fingerprint density at radius 3 is 2.00 bits per heavy atom. The first-order valence-electron chi connectivity index (χ1n) is 5.53. The van der Waals surface area contributed by atoms with Gasteiger partial charge in [-0.15, -0.1) is 0 Å². The highest BCUT2D eigenvalue weighted by Gasteiger charge is 2.42. The zero-order valence-electron chi connectivity index (χ0n) is 11.3. The first kappa shape index (κ1) is 16.3. The molecule has 7 heteroatoms. The smallest absolute Gasteiger partial charge is 0.303 e. The molecule has 0 fully saturated rings. The summed E-state index contributed by atoms with van der Waals surface area (Å²) in [5, 5.41) is 10.6. The molecule has 0 aromatic rings. The minimum absolute atomic E-state index is 0.488. The highest BCUT2D eigenvalue weighted by Crippen LogP contribution is 2.30. The Kier molecular flexibility index (Phi) is 5.74. The van der Waals surface area contributed by atoms with Gasteiger partial charge in [-0.3, -0.25) is 19.7 Å². The number of carbonyl (C=O) groups is 2. The number of esters is 2. The number of nitro groups is 1. The van der Waals surface area contributed by atoms with Crippen LogP contribution < -0.4 is 0 Å². The molecule has 7 nitrogen and oxygen atoms in total. The summed E-state index contributed by atoms with van der Waals surface area (Å²) in [5.41, 5.74) is -0.857. The van der Waals surface area contributed by atoms with E-state index in [1.165, 1.54) is 13.8 Å². The van der Waals surface area contributed by atoms with Crippen molar-refractivity contribution in [1.82, 2.24) is 0 Å². The minimum atomic E-state index is -0.959. The second-order valence-corrected chi connectivity index (χ2v) is 4.69. The topological polar surface area (TPSA) is 95.7 Å². The van der Waals surface area contributed by atoms with Crippen LogP contribution in [0.2, 0.25) is 0 Å². The molecular weight excluding hydrogens is 242 g/mol. The molecule has 0 bridgehead atoms. The number of rotatable bonds is 6. The first-order chi connectivity index (χ1) is 8.07. The van der Waals surface area contributed by atoms with Crippen LogP contribution in [0.25, 0.3) is 0 Å². The molecule has 0 aliphatic carbocycles. The zero-order valence-corrected chi connectivity index (χ0v) is 11.3. The average molecular weight is 261 g/mol. The summed E-state index contributed by atoms with van der Waals surface area (Å²) in [5.74, 6) is -1.09. The van der Waals surface area contributed by atoms with E-state index in [0.717, 1.165) is 0 Å². The zero-order chi connectivity index (χ0) is 14.5. The Morgan fingerprint density at radius 1 is 1.22 bits per heavy atom. The molecule has 2 unspecified atom stereocenters. The van der Waals surface area contributed by atoms with Crippen molar-refractivity contribution in [3.63, 3.8) is 0 Å². The quantitative estimate of drug-likeness (QED) is 0.404. The lowest BCUT2D eigenvalue weighted by atomic mass is 9.81. The molecule has 0 heterocycles. The fraction of sp³-hybridized carbons (Fsp3) is 0.818. The Balaban J connectivity index is 4.97. The van der Waals surface area contributed by atoms with Crippen molar-refractivity contribution < 1.29 is 24.0 Å². The number of carbonyl (C=O) groups excluding carboxylic acids is 2. The van der Waals surface area contributed by atoms with Gasteiger partial charge in [-0.25, -0.2) is 0 Å². The standard InChI is InChI=1S/C11H19NO6/c1-7(17-8(2)13)11(4,5)10(6-12(15)16)18-9(3)14/h7,10H,6H2,1-5H3.